The van der Waals surface area contributed by atoms with E-state index in [0.29, 0.717) is 6.10 Å². The molecule has 13 heavy (non-hydrogen) atoms. The first kappa shape index (κ1) is 11.0. The lowest BCUT2D eigenvalue weighted by Crippen LogP contribution is -2.42. The summed E-state index contributed by atoms with van der Waals surface area (Å²) >= 11 is 0. The normalized spacial score (nSPS) is 21.2. The lowest BCUT2D eigenvalue weighted by molar-refractivity contribution is -0.0738. The van der Waals surface area contributed by atoms with E-state index >= 15 is 0 Å². The Morgan fingerprint density at radius 2 is 1.92 bits per heavy atom. The van der Waals surface area contributed by atoms with Gasteiger partial charge in [-0.25, -0.2) is 0 Å². The van der Waals surface area contributed by atoms with Gasteiger partial charge >= 0.3 is 0 Å². The maximum atomic E-state index is 6.04. The van der Waals surface area contributed by atoms with Gasteiger partial charge in [0.2, 0.25) is 0 Å². The summed E-state index contributed by atoms with van der Waals surface area (Å²) in [4.78, 5) is 0. The molecule has 2 heteroatoms. The van der Waals surface area contributed by atoms with Crippen molar-refractivity contribution in [2.45, 2.75) is 58.2 Å². The van der Waals surface area contributed by atoms with E-state index in [9.17, 15) is 0 Å². The van der Waals surface area contributed by atoms with E-state index in [-0.39, 0.29) is 5.60 Å². The van der Waals surface area contributed by atoms with Crippen LogP contribution >= 0.6 is 0 Å². The van der Waals surface area contributed by atoms with Crippen molar-refractivity contribution >= 4 is 0 Å². The summed E-state index contributed by atoms with van der Waals surface area (Å²) < 4.78 is 6.04. The molecule has 1 aliphatic carbocycles. The Kier molecular flexibility index (Phi) is 4.20. The highest BCUT2D eigenvalue weighted by molar-refractivity contribution is 4.88. The van der Waals surface area contributed by atoms with Crippen molar-refractivity contribution in [1.29, 1.82) is 0 Å². The van der Waals surface area contributed by atoms with Crippen molar-refractivity contribution in [3.63, 3.8) is 0 Å². The van der Waals surface area contributed by atoms with Crippen molar-refractivity contribution in [3.8, 4) is 0 Å². The molecule has 0 bridgehead atoms. The van der Waals surface area contributed by atoms with Crippen molar-refractivity contribution < 1.29 is 4.74 Å². The van der Waals surface area contributed by atoms with Crippen LogP contribution in [0.25, 0.3) is 0 Å². The quantitative estimate of drug-likeness (QED) is 0.710. The van der Waals surface area contributed by atoms with Crippen LogP contribution in [0.3, 0.4) is 0 Å². The van der Waals surface area contributed by atoms with Crippen LogP contribution in [0.2, 0.25) is 0 Å². The van der Waals surface area contributed by atoms with Gasteiger partial charge in [0.05, 0.1) is 11.7 Å². The second-order valence-corrected chi connectivity index (χ2v) is 4.34. The Balaban J connectivity index is 2.42. The fourth-order valence-corrected chi connectivity index (χ4v) is 2.21. The van der Waals surface area contributed by atoms with Gasteiger partial charge in [0.1, 0.15) is 0 Å². The Morgan fingerprint density at radius 1 is 1.31 bits per heavy atom. The molecule has 0 spiro atoms. The smallest absolute Gasteiger partial charge is 0.0809 e. The van der Waals surface area contributed by atoms with Crippen molar-refractivity contribution in [2.75, 3.05) is 13.1 Å². The summed E-state index contributed by atoms with van der Waals surface area (Å²) in [7, 11) is 0. The molecule has 0 unspecified atom stereocenters. The molecule has 0 atom stereocenters. The topological polar surface area (TPSA) is 21.3 Å². The molecule has 0 radical (unpaired) electrons. The number of hydrogen-bond donors (Lipinski definition) is 1. The molecule has 0 amide bonds. The van der Waals surface area contributed by atoms with Gasteiger partial charge in [-0.2, -0.15) is 0 Å². The third-order valence-electron chi connectivity index (χ3n) is 2.70. The fraction of sp³-hybridized carbons (Fsp3) is 1.00. The molecule has 2 nitrogen and oxygen atoms in total. The van der Waals surface area contributed by atoms with Crippen LogP contribution < -0.4 is 5.32 Å². The predicted molar refractivity (Wildman–Crippen MR) is 56.0 cm³/mol. The molecule has 1 fully saturated rings. The predicted octanol–water partition coefficient (Wildman–Crippen LogP) is 2.33. The average Bonchev–Trinajstić information content (AvgIpc) is 2.49. The van der Waals surface area contributed by atoms with E-state index in [4.69, 9.17) is 4.74 Å². The number of hydrogen-bond acceptors (Lipinski definition) is 2. The number of rotatable bonds is 5. The molecule has 0 saturated heterocycles. The van der Waals surface area contributed by atoms with E-state index in [1.54, 1.807) is 0 Å². The molecule has 0 aromatic rings. The van der Waals surface area contributed by atoms with Crippen LogP contribution in [0, 0.1) is 0 Å². The lowest BCUT2D eigenvalue weighted by atomic mass is 10.0. The van der Waals surface area contributed by atoms with E-state index in [1.807, 2.05) is 0 Å². The van der Waals surface area contributed by atoms with E-state index in [2.05, 4.69) is 26.1 Å². The molecule has 0 aromatic carbocycles. The summed E-state index contributed by atoms with van der Waals surface area (Å²) in [6, 6.07) is 0. The molecule has 1 aliphatic rings. The zero-order valence-electron chi connectivity index (χ0n) is 9.23. The van der Waals surface area contributed by atoms with Gasteiger partial charge in [-0.3, -0.25) is 0 Å². The number of likely N-dealkylation sites (N-methyl/N-ethyl adjacent to an activating group) is 1. The van der Waals surface area contributed by atoms with Crippen LogP contribution in [-0.4, -0.2) is 24.8 Å². The Hall–Kier alpha value is -0.0800. The van der Waals surface area contributed by atoms with Crippen molar-refractivity contribution in [2.24, 2.45) is 0 Å². The van der Waals surface area contributed by atoms with Crippen LogP contribution in [0.1, 0.15) is 46.5 Å². The summed E-state index contributed by atoms with van der Waals surface area (Å²) in [5, 5.41) is 3.41. The number of nitrogens with one attached hydrogen (secondary N) is 1. The van der Waals surface area contributed by atoms with Gasteiger partial charge in [0.25, 0.3) is 0 Å². The van der Waals surface area contributed by atoms with Crippen LogP contribution in [-0.2, 0) is 4.74 Å². The van der Waals surface area contributed by atoms with Crippen LogP contribution in [0.5, 0.6) is 0 Å². The largest absolute Gasteiger partial charge is 0.371 e. The molecule has 1 N–H and O–H groups in total. The molecule has 0 aromatic heterocycles. The van der Waals surface area contributed by atoms with Gasteiger partial charge in [0, 0.05) is 6.54 Å². The minimum absolute atomic E-state index is 0.157. The molecule has 0 heterocycles. The highest BCUT2D eigenvalue weighted by Gasteiger charge is 2.34. The zero-order valence-corrected chi connectivity index (χ0v) is 9.23. The summed E-state index contributed by atoms with van der Waals surface area (Å²) in [5.74, 6) is 0. The molecule has 78 valence electrons. The Bertz CT molecular complexity index is 139. The van der Waals surface area contributed by atoms with Crippen molar-refractivity contribution in [3.05, 3.63) is 0 Å². The van der Waals surface area contributed by atoms with Gasteiger partial charge in [-0.1, -0.05) is 19.8 Å². The third-order valence-corrected chi connectivity index (χ3v) is 2.70. The summed E-state index contributed by atoms with van der Waals surface area (Å²) in [6.45, 7) is 8.49. The van der Waals surface area contributed by atoms with E-state index in [1.165, 1.54) is 25.7 Å². The molecule has 1 rings (SSSR count). The van der Waals surface area contributed by atoms with Gasteiger partial charge < -0.3 is 10.1 Å². The Labute approximate surface area is 82.0 Å². The first-order valence-corrected chi connectivity index (χ1v) is 5.57. The SMILES string of the molecule is CCNCC1(OC(C)C)CCCC1. The summed E-state index contributed by atoms with van der Waals surface area (Å²) in [5.41, 5.74) is 0.157. The third kappa shape index (κ3) is 3.28. The van der Waals surface area contributed by atoms with Crippen LogP contribution in [0.15, 0.2) is 0 Å². The van der Waals surface area contributed by atoms with Crippen LogP contribution in [0.4, 0.5) is 0 Å². The van der Waals surface area contributed by atoms with Crippen molar-refractivity contribution in [1.82, 2.24) is 5.32 Å². The maximum absolute atomic E-state index is 6.04. The highest BCUT2D eigenvalue weighted by Crippen LogP contribution is 2.33. The molecular formula is C11H23NO. The molecular weight excluding hydrogens is 162 g/mol. The van der Waals surface area contributed by atoms with Gasteiger partial charge in [0.15, 0.2) is 0 Å². The summed E-state index contributed by atoms with van der Waals surface area (Å²) in [6.07, 6.45) is 5.49. The monoisotopic (exact) mass is 185 g/mol. The minimum atomic E-state index is 0.157. The van der Waals surface area contributed by atoms with Gasteiger partial charge in [-0.15, -0.1) is 0 Å². The maximum Gasteiger partial charge on any atom is 0.0809 e. The van der Waals surface area contributed by atoms with E-state index in [0.717, 1.165) is 13.1 Å². The average molecular weight is 185 g/mol. The zero-order chi connectivity index (χ0) is 9.73. The molecule has 0 aliphatic heterocycles. The second-order valence-electron chi connectivity index (χ2n) is 4.34. The second kappa shape index (κ2) is 4.97. The standard InChI is InChI=1S/C11H23NO/c1-4-12-9-11(13-10(2)3)7-5-6-8-11/h10,12H,4-9H2,1-3H3. The Morgan fingerprint density at radius 3 is 2.38 bits per heavy atom. The lowest BCUT2D eigenvalue weighted by Gasteiger charge is -2.31. The highest BCUT2D eigenvalue weighted by atomic mass is 16.5. The van der Waals surface area contributed by atoms with Gasteiger partial charge in [-0.05, 0) is 33.2 Å². The number of ether oxygens (including phenoxy) is 1. The van der Waals surface area contributed by atoms with E-state index < -0.39 is 0 Å². The first-order valence-electron chi connectivity index (χ1n) is 5.57. The molecule has 1 saturated carbocycles. The minimum Gasteiger partial charge on any atom is -0.371 e. The fourth-order valence-electron chi connectivity index (χ4n) is 2.21. The first-order chi connectivity index (χ1) is 6.18.